The standard InChI is InChI=1S/C16H15N3O/c20-16-15-6-3-7-19(15)10-12(18-16)8-11-9-17-14-5-2-1-4-13(11)14/h1-2,4-5,9-10,17H,3,6-8H2/p+1. The van der Waals surface area contributed by atoms with E-state index in [1.165, 1.54) is 10.9 Å². The van der Waals surface area contributed by atoms with Crippen LogP contribution >= 0.6 is 0 Å². The summed E-state index contributed by atoms with van der Waals surface area (Å²) in [6.07, 6.45) is 6.83. The fourth-order valence-electron chi connectivity index (χ4n) is 3.09. The van der Waals surface area contributed by atoms with Gasteiger partial charge in [0.15, 0.2) is 6.20 Å². The maximum atomic E-state index is 12.0. The lowest BCUT2D eigenvalue weighted by atomic mass is 10.1. The zero-order valence-corrected chi connectivity index (χ0v) is 11.1. The molecule has 0 spiro atoms. The summed E-state index contributed by atoms with van der Waals surface area (Å²) in [5, 5.41) is 1.22. The van der Waals surface area contributed by atoms with E-state index < -0.39 is 0 Å². The molecule has 4 rings (SSSR count). The zero-order valence-electron chi connectivity index (χ0n) is 11.1. The molecule has 4 nitrogen and oxygen atoms in total. The van der Waals surface area contributed by atoms with Crippen LogP contribution in [0.2, 0.25) is 0 Å². The van der Waals surface area contributed by atoms with Crippen molar-refractivity contribution in [1.82, 2.24) is 9.97 Å². The highest BCUT2D eigenvalue weighted by Crippen LogP contribution is 2.19. The number of H-pyrrole nitrogens is 2. The molecule has 1 aliphatic rings. The third-order valence-electron chi connectivity index (χ3n) is 4.06. The number of hydrogen-bond donors (Lipinski definition) is 2. The van der Waals surface area contributed by atoms with E-state index >= 15 is 0 Å². The van der Waals surface area contributed by atoms with Gasteiger partial charge in [-0.2, -0.15) is 4.57 Å². The molecule has 2 N–H and O–H groups in total. The third-order valence-corrected chi connectivity index (χ3v) is 4.06. The number of rotatable bonds is 2. The number of aromatic amines is 2. The number of aromatic nitrogens is 3. The van der Waals surface area contributed by atoms with E-state index in [4.69, 9.17) is 0 Å². The van der Waals surface area contributed by atoms with Crippen LogP contribution in [0.5, 0.6) is 0 Å². The molecule has 0 saturated carbocycles. The van der Waals surface area contributed by atoms with Crippen molar-refractivity contribution >= 4 is 10.9 Å². The third kappa shape index (κ3) is 1.76. The normalized spacial score (nSPS) is 13.8. The first-order valence-corrected chi connectivity index (χ1v) is 7.01. The Morgan fingerprint density at radius 1 is 1.25 bits per heavy atom. The van der Waals surface area contributed by atoms with E-state index in [9.17, 15) is 4.79 Å². The SMILES string of the molecule is O=c1[nH]c(Cc2c[nH]c3ccccc23)c[n+]2c1CCC2. The van der Waals surface area contributed by atoms with Crippen LogP contribution in [0.15, 0.2) is 41.5 Å². The summed E-state index contributed by atoms with van der Waals surface area (Å²) in [6, 6.07) is 8.24. The lowest BCUT2D eigenvalue weighted by molar-refractivity contribution is -0.692. The molecule has 0 aliphatic carbocycles. The van der Waals surface area contributed by atoms with Gasteiger partial charge in [-0.1, -0.05) is 18.2 Å². The van der Waals surface area contributed by atoms with Gasteiger partial charge >= 0.3 is 5.56 Å². The summed E-state index contributed by atoms with van der Waals surface area (Å²) in [4.78, 5) is 18.3. The topological polar surface area (TPSA) is 52.5 Å². The van der Waals surface area contributed by atoms with Gasteiger partial charge in [0.25, 0.3) is 0 Å². The number of aryl methyl sites for hydroxylation is 1. The van der Waals surface area contributed by atoms with Gasteiger partial charge in [-0.05, 0) is 11.6 Å². The molecule has 0 radical (unpaired) electrons. The van der Waals surface area contributed by atoms with Gasteiger partial charge < -0.3 is 9.97 Å². The number of benzene rings is 1. The van der Waals surface area contributed by atoms with Crippen molar-refractivity contribution in [3.8, 4) is 0 Å². The van der Waals surface area contributed by atoms with Crippen molar-refractivity contribution in [3.05, 3.63) is 64.0 Å². The van der Waals surface area contributed by atoms with E-state index in [2.05, 4.69) is 32.9 Å². The maximum absolute atomic E-state index is 12.0. The van der Waals surface area contributed by atoms with E-state index in [1.807, 2.05) is 18.3 Å². The molecule has 1 aromatic carbocycles. The lowest BCUT2D eigenvalue weighted by Crippen LogP contribution is -2.40. The van der Waals surface area contributed by atoms with Gasteiger partial charge in [0, 0.05) is 36.4 Å². The first-order chi connectivity index (χ1) is 9.81. The molecular weight excluding hydrogens is 250 g/mol. The van der Waals surface area contributed by atoms with Crippen LogP contribution in [-0.4, -0.2) is 9.97 Å². The number of para-hydroxylation sites is 1. The van der Waals surface area contributed by atoms with Crippen LogP contribution < -0.4 is 10.1 Å². The maximum Gasteiger partial charge on any atom is 0.315 e. The highest BCUT2D eigenvalue weighted by atomic mass is 16.1. The van der Waals surface area contributed by atoms with Crippen LogP contribution in [0.3, 0.4) is 0 Å². The van der Waals surface area contributed by atoms with Crippen molar-refractivity contribution in [2.24, 2.45) is 0 Å². The fraction of sp³-hybridized carbons (Fsp3) is 0.250. The lowest BCUT2D eigenvalue weighted by Gasteiger charge is -2.00. The summed E-state index contributed by atoms with van der Waals surface area (Å²) in [5.41, 5.74) is 4.31. The van der Waals surface area contributed by atoms with Gasteiger partial charge in [0.05, 0.1) is 5.69 Å². The minimum Gasteiger partial charge on any atom is -0.361 e. The summed E-state index contributed by atoms with van der Waals surface area (Å²) in [7, 11) is 0. The van der Waals surface area contributed by atoms with Crippen LogP contribution in [0.4, 0.5) is 0 Å². The molecule has 0 unspecified atom stereocenters. The van der Waals surface area contributed by atoms with Gasteiger partial charge in [0.1, 0.15) is 6.54 Å². The molecule has 1 aliphatic heterocycles. The van der Waals surface area contributed by atoms with Crippen LogP contribution in [0.1, 0.15) is 23.4 Å². The van der Waals surface area contributed by atoms with E-state index in [-0.39, 0.29) is 5.56 Å². The highest BCUT2D eigenvalue weighted by molar-refractivity contribution is 5.83. The Morgan fingerprint density at radius 2 is 2.15 bits per heavy atom. The molecule has 2 aromatic heterocycles. The molecule has 0 fully saturated rings. The van der Waals surface area contributed by atoms with Crippen molar-refractivity contribution in [1.29, 1.82) is 0 Å². The van der Waals surface area contributed by atoms with E-state index in [0.717, 1.165) is 42.7 Å². The second-order valence-corrected chi connectivity index (χ2v) is 5.39. The minimum atomic E-state index is 0.0693. The molecule has 3 heterocycles. The van der Waals surface area contributed by atoms with E-state index in [0.29, 0.717) is 0 Å². The first-order valence-electron chi connectivity index (χ1n) is 7.01. The molecule has 100 valence electrons. The monoisotopic (exact) mass is 266 g/mol. The quantitative estimate of drug-likeness (QED) is 0.681. The Bertz CT molecular complexity index is 844. The predicted octanol–water partition coefficient (Wildman–Crippen LogP) is 1.68. The second-order valence-electron chi connectivity index (χ2n) is 5.39. The Labute approximate surface area is 116 Å². The molecule has 0 bridgehead atoms. The highest BCUT2D eigenvalue weighted by Gasteiger charge is 2.23. The number of nitrogens with one attached hydrogen (secondary N) is 2. The average Bonchev–Trinajstić information content (AvgIpc) is 3.07. The molecule has 20 heavy (non-hydrogen) atoms. The smallest absolute Gasteiger partial charge is 0.315 e. The van der Waals surface area contributed by atoms with Gasteiger partial charge in [-0.3, -0.25) is 4.79 Å². The minimum absolute atomic E-state index is 0.0693. The summed E-state index contributed by atoms with van der Waals surface area (Å²) in [6.45, 7) is 0.958. The van der Waals surface area contributed by atoms with Crippen LogP contribution in [-0.2, 0) is 19.4 Å². The fourth-order valence-corrected chi connectivity index (χ4v) is 3.09. The molecule has 0 saturated heterocycles. The largest absolute Gasteiger partial charge is 0.361 e. The number of hydrogen-bond acceptors (Lipinski definition) is 1. The summed E-state index contributed by atoms with van der Waals surface area (Å²) in [5.74, 6) is 0. The Morgan fingerprint density at radius 3 is 3.10 bits per heavy atom. The van der Waals surface area contributed by atoms with Gasteiger partial charge in [-0.15, -0.1) is 0 Å². The number of nitrogens with zero attached hydrogens (tertiary/aromatic N) is 1. The molecular formula is C16H16N3O+. The Kier molecular flexibility index (Phi) is 2.49. The van der Waals surface area contributed by atoms with Crippen molar-refractivity contribution in [2.45, 2.75) is 25.8 Å². The molecule has 3 aromatic rings. The van der Waals surface area contributed by atoms with Crippen LogP contribution in [0, 0.1) is 0 Å². The molecule has 0 amide bonds. The number of fused-ring (bicyclic) bond motifs is 2. The predicted molar refractivity (Wildman–Crippen MR) is 76.7 cm³/mol. The average molecular weight is 266 g/mol. The second kappa shape index (κ2) is 4.34. The Balaban J connectivity index is 1.76. The molecule has 0 atom stereocenters. The van der Waals surface area contributed by atoms with Crippen molar-refractivity contribution in [3.63, 3.8) is 0 Å². The summed E-state index contributed by atoms with van der Waals surface area (Å²) >= 11 is 0. The van der Waals surface area contributed by atoms with Gasteiger partial charge in [-0.25, -0.2) is 0 Å². The zero-order chi connectivity index (χ0) is 13.5. The molecule has 4 heteroatoms. The van der Waals surface area contributed by atoms with Crippen molar-refractivity contribution < 1.29 is 4.57 Å². The summed E-state index contributed by atoms with van der Waals surface area (Å²) < 4.78 is 2.10. The van der Waals surface area contributed by atoms with Crippen LogP contribution in [0.25, 0.3) is 10.9 Å². The Hall–Kier alpha value is -2.36. The van der Waals surface area contributed by atoms with Crippen molar-refractivity contribution in [2.75, 3.05) is 0 Å². The van der Waals surface area contributed by atoms with Gasteiger partial charge in [0.2, 0.25) is 5.69 Å². The first kappa shape index (κ1) is 11.5. The van der Waals surface area contributed by atoms with E-state index in [1.54, 1.807) is 0 Å².